The topological polar surface area (TPSA) is 79.5 Å². The predicted octanol–water partition coefficient (Wildman–Crippen LogP) is 2.13. The third-order valence-corrected chi connectivity index (χ3v) is 2.34. The molecule has 6 heteroatoms. The van der Waals surface area contributed by atoms with Crippen molar-refractivity contribution in [2.45, 2.75) is 6.92 Å². The number of carboxylic acid groups (broad SMARTS) is 1. The molecule has 0 aliphatic carbocycles. The van der Waals surface area contributed by atoms with Gasteiger partial charge in [0.25, 0.3) is 0 Å². The second-order valence-corrected chi connectivity index (χ2v) is 3.85. The maximum absolute atomic E-state index is 13.4. The molecule has 0 aliphatic heterocycles. The summed E-state index contributed by atoms with van der Waals surface area (Å²) in [6.45, 7) is 1.19. The molecule has 0 unspecified atom stereocenters. The van der Waals surface area contributed by atoms with Crippen LogP contribution in [0.3, 0.4) is 0 Å². The van der Waals surface area contributed by atoms with E-state index in [4.69, 9.17) is 9.52 Å². The van der Waals surface area contributed by atoms with Crippen molar-refractivity contribution in [1.29, 1.82) is 0 Å². The van der Waals surface area contributed by atoms with Crippen molar-refractivity contribution in [2.24, 2.45) is 0 Å². The van der Waals surface area contributed by atoms with Gasteiger partial charge in [0.2, 0.25) is 5.91 Å². The van der Waals surface area contributed by atoms with Gasteiger partial charge < -0.3 is 14.8 Å². The number of fused-ring (bicyclic) bond motifs is 1. The highest BCUT2D eigenvalue weighted by molar-refractivity contribution is 5.96. The Morgan fingerprint density at radius 2 is 2.16 bits per heavy atom. The molecule has 0 spiro atoms. The summed E-state index contributed by atoms with van der Waals surface area (Å²) in [5, 5.41) is 11.6. The van der Waals surface area contributed by atoms with E-state index in [1.54, 1.807) is 6.07 Å². The fourth-order valence-corrected chi connectivity index (χ4v) is 1.60. The van der Waals surface area contributed by atoms with Gasteiger partial charge in [0, 0.05) is 18.4 Å². The lowest BCUT2D eigenvalue weighted by Crippen LogP contribution is -2.24. The minimum atomic E-state index is -1.31. The highest BCUT2D eigenvalue weighted by Crippen LogP contribution is 2.23. The van der Waals surface area contributed by atoms with Crippen LogP contribution in [0.4, 0.5) is 4.39 Å². The number of halogens is 1. The number of hydrogen-bond acceptors (Lipinski definition) is 3. The zero-order valence-corrected chi connectivity index (χ0v) is 9.94. The SMILES string of the molecule is CC(=O)N/C(=C/c1cc2cccc(F)c2o1)C(=O)O. The number of amides is 1. The lowest BCUT2D eigenvalue weighted by Gasteiger charge is -2.00. The summed E-state index contributed by atoms with van der Waals surface area (Å²) in [5.74, 6) is -2.22. The van der Waals surface area contributed by atoms with E-state index in [2.05, 4.69) is 5.32 Å². The van der Waals surface area contributed by atoms with Crippen LogP contribution in [-0.2, 0) is 9.59 Å². The van der Waals surface area contributed by atoms with Crippen molar-refractivity contribution in [1.82, 2.24) is 5.32 Å². The van der Waals surface area contributed by atoms with Gasteiger partial charge in [-0.25, -0.2) is 9.18 Å². The van der Waals surface area contributed by atoms with E-state index in [1.807, 2.05) is 0 Å². The van der Waals surface area contributed by atoms with Crippen LogP contribution in [0, 0.1) is 5.82 Å². The number of hydrogen-bond donors (Lipinski definition) is 2. The maximum Gasteiger partial charge on any atom is 0.352 e. The summed E-state index contributed by atoms with van der Waals surface area (Å²) >= 11 is 0. The Labute approximate surface area is 107 Å². The van der Waals surface area contributed by atoms with Crippen LogP contribution in [0.5, 0.6) is 0 Å². The predicted molar refractivity (Wildman–Crippen MR) is 65.6 cm³/mol. The van der Waals surface area contributed by atoms with Crippen LogP contribution >= 0.6 is 0 Å². The molecule has 2 N–H and O–H groups in total. The third-order valence-electron chi connectivity index (χ3n) is 2.34. The molecule has 2 aromatic rings. The Kier molecular flexibility index (Phi) is 3.33. The quantitative estimate of drug-likeness (QED) is 0.831. The molecule has 5 nitrogen and oxygen atoms in total. The van der Waals surface area contributed by atoms with Crippen LogP contribution in [0.15, 0.2) is 34.4 Å². The summed E-state index contributed by atoms with van der Waals surface area (Å²) in [4.78, 5) is 21.8. The summed E-state index contributed by atoms with van der Waals surface area (Å²) in [7, 11) is 0. The average Bonchev–Trinajstić information content (AvgIpc) is 2.71. The Balaban J connectivity index is 2.45. The Hall–Kier alpha value is -2.63. The summed E-state index contributed by atoms with van der Waals surface area (Å²) in [6, 6.07) is 5.89. The van der Waals surface area contributed by atoms with Gasteiger partial charge in [-0.2, -0.15) is 0 Å². The van der Waals surface area contributed by atoms with E-state index in [0.29, 0.717) is 5.39 Å². The molecule has 2 rings (SSSR count). The molecule has 1 aromatic heterocycles. The molecule has 1 aromatic carbocycles. The van der Waals surface area contributed by atoms with E-state index in [9.17, 15) is 14.0 Å². The molecule has 0 fully saturated rings. The fraction of sp³-hybridized carbons (Fsp3) is 0.0769. The minimum Gasteiger partial charge on any atom is -0.477 e. The number of nitrogens with one attached hydrogen (secondary N) is 1. The van der Waals surface area contributed by atoms with Crippen molar-refractivity contribution >= 4 is 28.9 Å². The lowest BCUT2D eigenvalue weighted by molar-refractivity contribution is -0.134. The fourth-order valence-electron chi connectivity index (χ4n) is 1.60. The second kappa shape index (κ2) is 4.93. The lowest BCUT2D eigenvalue weighted by atomic mass is 10.2. The van der Waals surface area contributed by atoms with Crippen LogP contribution in [-0.4, -0.2) is 17.0 Å². The zero-order chi connectivity index (χ0) is 14.0. The van der Waals surface area contributed by atoms with Gasteiger partial charge in [-0.15, -0.1) is 0 Å². The molecule has 0 saturated carbocycles. The first kappa shape index (κ1) is 12.8. The maximum atomic E-state index is 13.4. The van der Waals surface area contributed by atoms with Crippen molar-refractivity contribution in [3.8, 4) is 0 Å². The monoisotopic (exact) mass is 263 g/mol. The highest BCUT2D eigenvalue weighted by atomic mass is 19.1. The first-order chi connectivity index (χ1) is 8.97. The number of para-hydroxylation sites is 1. The first-order valence-corrected chi connectivity index (χ1v) is 5.38. The zero-order valence-electron chi connectivity index (χ0n) is 9.94. The molecule has 1 heterocycles. The van der Waals surface area contributed by atoms with E-state index in [-0.39, 0.29) is 17.0 Å². The second-order valence-electron chi connectivity index (χ2n) is 3.85. The molecule has 19 heavy (non-hydrogen) atoms. The van der Waals surface area contributed by atoms with E-state index in [1.165, 1.54) is 25.1 Å². The van der Waals surface area contributed by atoms with Crippen molar-refractivity contribution < 1.29 is 23.5 Å². The Morgan fingerprint density at radius 1 is 1.42 bits per heavy atom. The van der Waals surface area contributed by atoms with Gasteiger partial charge in [-0.3, -0.25) is 4.79 Å². The average molecular weight is 263 g/mol. The van der Waals surface area contributed by atoms with Crippen molar-refractivity contribution in [2.75, 3.05) is 0 Å². The van der Waals surface area contributed by atoms with Gasteiger partial charge in [0.05, 0.1) is 0 Å². The van der Waals surface area contributed by atoms with E-state index < -0.39 is 17.7 Å². The molecule has 0 saturated heterocycles. The number of carbonyl (C=O) groups is 2. The molecule has 1 amide bonds. The van der Waals surface area contributed by atoms with Crippen molar-refractivity contribution in [3.63, 3.8) is 0 Å². The normalized spacial score (nSPS) is 11.6. The summed E-state index contributed by atoms with van der Waals surface area (Å²) in [6.07, 6.45) is 1.13. The van der Waals surface area contributed by atoms with Gasteiger partial charge in [0.1, 0.15) is 11.5 Å². The number of benzene rings is 1. The first-order valence-electron chi connectivity index (χ1n) is 5.38. The highest BCUT2D eigenvalue weighted by Gasteiger charge is 2.12. The Bertz CT molecular complexity index is 687. The number of carboxylic acids is 1. The van der Waals surface area contributed by atoms with Gasteiger partial charge >= 0.3 is 5.97 Å². The molecular formula is C13H10FNO4. The molecule has 98 valence electrons. The largest absolute Gasteiger partial charge is 0.477 e. The summed E-state index contributed by atoms with van der Waals surface area (Å²) < 4.78 is 18.6. The van der Waals surface area contributed by atoms with Crippen molar-refractivity contribution in [3.05, 3.63) is 41.5 Å². The van der Waals surface area contributed by atoms with E-state index in [0.717, 1.165) is 6.08 Å². The number of aliphatic carboxylic acids is 1. The molecule has 0 aliphatic rings. The molecular weight excluding hydrogens is 253 g/mol. The van der Waals surface area contributed by atoms with Crippen LogP contribution in [0.25, 0.3) is 17.0 Å². The van der Waals surface area contributed by atoms with Crippen LogP contribution in [0.2, 0.25) is 0 Å². The summed E-state index contributed by atoms with van der Waals surface area (Å²) in [5.41, 5.74) is -0.298. The molecule has 0 atom stereocenters. The van der Waals surface area contributed by atoms with Gasteiger partial charge in [-0.1, -0.05) is 12.1 Å². The minimum absolute atomic E-state index is 0.0429. The van der Waals surface area contributed by atoms with Gasteiger partial charge in [0.15, 0.2) is 11.4 Å². The number of carbonyl (C=O) groups excluding carboxylic acids is 1. The Morgan fingerprint density at radius 3 is 2.74 bits per heavy atom. The van der Waals surface area contributed by atoms with Crippen LogP contribution in [0.1, 0.15) is 12.7 Å². The smallest absolute Gasteiger partial charge is 0.352 e. The molecule has 0 bridgehead atoms. The van der Waals surface area contributed by atoms with E-state index >= 15 is 0 Å². The molecule has 0 radical (unpaired) electrons. The third kappa shape index (κ3) is 2.79. The van der Waals surface area contributed by atoms with Gasteiger partial charge in [-0.05, 0) is 12.1 Å². The van der Waals surface area contributed by atoms with Crippen LogP contribution < -0.4 is 5.32 Å². The number of furan rings is 1. The standard InChI is InChI=1S/C13H10FNO4/c1-7(16)15-11(13(17)18)6-9-5-8-3-2-4-10(14)12(8)19-9/h2-6H,1H3,(H,15,16)(H,17,18)/b11-6+. The number of rotatable bonds is 3.